The van der Waals surface area contributed by atoms with Crippen LogP contribution in [0.3, 0.4) is 0 Å². The zero-order chi connectivity index (χ0) is 25.5. The summed E-state index contributed by atoms with van der Waals surface area (Å²) in [6, 6.07) is 26.9. The molecule has 0 saturated carbocycles. The SMILES string of the molecule is COc1ccccc1N(CC(=O)NCCOc1cccc2ccccc12)S(=O)(=O)c1ccc(C)cc1. The van der Waals surface area contributed by atoms with E-state index in [1.54, 1.807) is 36.4 Å². The van der Waals surface area contributed by atoms with E-state index in [0.717, 1.165) is 26.4 Å². The molecule has 0 saturated heterocycles. The number of anilines is 1. The van der Waals surface area contributed by atoms with Crippen molar-refractivity contribution in [1.82, 2.24) is 5.32 Å². The second-order valence-corrected chi connectivity index (χ2v) is 10.0. The number of benzene rings is 4. The molecule has 0 bridgehead atoms. The Morgan fingerprint density at radius 3 is 2.31 bits per heavy atom. The number of ether oxygens (including phenoxy) is 2. The monoisotopic (exact) mass is 504 g/mol. The Bertz CT molecular complexity index is 1450. The molecule has 4 rings (SSSR count). The van der Waals surface area contributed by atoms with Crippen LogP contribution in [0.5, 0.6) is 11.5 Å². The number of sulfonamides is 1. The van der Waals surface area contributed by atoms with Gasteiger partial charge in [0.05, 0.1) is 24.2 Å². The molecule has 0 aliphatic heterocycles. The lowest BCUT2D eigenvalue weighted by atomic mass is 10.1. The van der Waals surface area contributed by atoms with E-state index >= 15 is 0 Å². The highest BCUT2D eigenvalue weighted by Gasteiger charge is 2.29. The third-order valence-electron chi connectivity index (χ3n) is 5.68. The lowest BCUT2D eigenvalue weighted by molar-refractivity contribution is -0.119. The molecule has 4 aromatic carbocycles. The van der Waals surface area contributed by atoms with Gasteiger partial charge in [-0.1, -0.05) is 66.2 Å². The minimum atomic E-state index is -4.04. The molecule has 0 fully saturated rings. The number of methoxy groups -OCH3 is 1. The molecule has 4 aromatic rings. The number of carbonyl (C=O) groups is 1. The number of hydrogen-bond donors (Lipinski definition) is 1. The molecule has 36 heavy (non-hydrogen) atoms. The molecule has 0 aliphatic carbocycles. The van der Waals surface area contributed by atoms with Crippen molar-refractivity contribution < 1.29 is 22.7 Å². The summed E-state index contributed by atoms with van der Waals surface area (Å²) < 4.78 is 39.4. The van der Waals surface area contributed by atoms with Crippen molar-refractivity contribution in [1.29, 1.82) is 0 Å². The smallest absolute Gasteiger partial charge is 0.264 e. The van der Waals surface area contributed by atoms with E-state index in [9.17, 15) is 13.2 Å². The molecule has 7 nitrogen and oxygen atoms in total. The molecule has 186 valence electrons. The molecule has 0 aliphatic rings. The Morgan fingerprint density at radius 1 is 0.861 bits per heavy atom. The van der Waals surface area contributed by atoms with Gasteiger partial charge in [0.1, 0.15) is 24.7 Å². The van der Waals surface area contributed by atoms with Gasteiger partial charge in [-0.05, 0) is 42.6 Å². The molecular weight excluding hydrogens is 476 g/mol. The minimum Gasteiger partial charge on any atom is -0.495 e. The first-order chi connectivity index (χ1) is 17.4. The van der Waals surface area contributed by atoms with Crippen LogP contribution in [0, 0.1) is 6.92 Å². The normalized spacial score (nSPS) is 11.2. The standard InChI is InChI=1S/C28H28N2O5S/c1-21-14-16-23(17-15-21)36(32,33)30(25-11-5-6-12-27(25)34-2)20-28(31)29-18-19-35-26-13-7-9-22-8-3-4-10-24(22)26/h3-17H,18-20H2,1-2H3,(H,29,31). The van der Waals surface area contributed by atoms with E-state index in [0.29, 0.717) is 5.75 Å². The van der Waals surface area contributed by atoms with Crippen LogP contribution in [-0.2, 0) is 14.8 Å². The topological polar surface area (TPSA) is 84.9 Å². The average molecular weight is 505 g/mol. The van der Waals surface area contributed by atoms with Gasteiger partial charge in [0.25, 0.3) is 10.0 Å². The fourth-order valence-corrected chi connectivity index (χ4v) is 5.26. The number of nitrogens with one attached hydrogen (secondary N) is 1. The van der Waals surface area contributed by atoms with E-state index in [1.165, 1.54) is 19.2 Å². The molecule has 0 heterocycles. The zero-order valence-corrected chi connectivity index (χ0v) is 21.0. The highest BCUT2D eigenvalue weighted by molar-refractivity contribution is 7.92. The number of fused-ring (bicyclic) bond motifs is 1. The molecular formula is C28H28N2O5S. The maximum Gasteiger partial charge on any atom is 0.264 e. The highest BCUT2D eigenvalue weighted by atomic mass is 32.2. The number of rotatable bonds is 10. The number of hydrogen-bond acceptors (Lipinski definition) is 5. The molecule has 8 heteroatoms. The third kappa shape index (κ3) is 5.60. The van der Waals surface area contributed by atoms with Gasteiger partial charge in [-0.25, -0.2) is 8.42 Å². The largest absolute Gasteiger partial charge is 0.495 e. The van der Waals surface area contributed by atoms with Gasteiger partial charge in [0, 0.05) is 5.39 Å². The third-order valence-corrected chi connectivity index (χ3v) is 7.46. The van der Waals surface area contributed by atoms with Gasteiger partial charge in [-0.3, -0.25) is 9.10 Å². The summed E-state index contributed by atoms with van der Waals surface area (Å²) in [5, 5.41) is 4.81. The van der Waals surface area contributed by atoms with E-state index in [2.05, 4.69) is 5.32 Å². The van der Waals surface area contributed by atoms with Crippen LogP contribution in [0.15, 0.2) is 95.9 Å². The number of aryl methyl sites for hydroxylation is 1. The van der Waals surface area contributed by atoms with Gasteiger partial charge < -0.3 is 14.8 Å². The summed E-state index contributed by atoms with van der Waals surface area (Å²) in [7, 11) is -2.58. The summed E-state index contributed by atoms with van der Waals surface area (Å²) in [6.07, 6.45) is 0. The maximum atomic E-state index is 13.6. The number of carbonyl (C=O) groups excluding carboxylic acids is 1. The van der Waals surface area contributed by atoms with Gasteiger partial charge >= 0.3 is 0 Å². The Morgan fingerprint density at radius 2 is 1.53 bits per heavy atom. The Hall–Kier alpha value is -4.04. The van der Waals surface area contributed by atoms with E-state index in [1.807, 2.05) is 49.4 Å². The van der Waals surface area contributed by atoms with Gasteiger partial charge in [0.2, 0.25) is 5.91 Å². The fourth-order valence-electron chi connectivity index (χ4n) is 3.83. The number of nitrogens with zero attached hydrogens (tertiary/aromatic N) is 1. The van der Waals surface area contributed by atoms with Crippen LogP contribution in [0.25, 0.3) is 10.8 Å². The van der Waals surface area contributed by atoms with Crippen LogP contribution in [0.2, 0.25) is 0 Å². The first kappa shape index (κ1) is 25.1. The van der Waals surface area contributed by atoms with Crippen LogP contribution < -0.4 is 19.1 Å². The molecule has 0 radical (unpaired) electrons. The Balaban J connectivity index is 1.48. The summed E-state index contributed by atoms with van der Waals surface area (Å²) in [5.74, 6) is 0.610. The van der Waals surface area contributed by atoms with E-state index < -0.39 is 22.5 Å². The molecule has 1 amide bonds. The van der Waals surface area contributed by atoms with Crippen molar-refractivity contribution in [2.45, 2.75) is 11.8 Å². The Labute approximate surface area is 211 Å². The predicted octanol–water partition coefficient (Wildman–Crippen LogP) is 4.55. The number of para-hydroxylation sites is 2. The van der Waals surface area contributed by atoms with Crippen molar-refractivity contribution >= 4 is 32.4 Å². The summed E-state index contributed by atoms with van der Waals surface area (Å²) in [6.45, 7) is 1.92. The second-order valence-electron chi connectivity index (χ2n) is 8.17. The molecule has 1 N–H and O–H groups in total. The van der Waals surface area contributed by atoms with Crippen molar-refractivity contribution in [3.8, 4) is 11.5 Å². The lowest BCUT2D eigenvalue weighted by Gasteiger charge is -2.25. The maximum absolute atomic E-state index is 13.6. The predicted molar refractivity (Wildman–Crippen MR) is 141 cm³/mol. The minimum absolute atomic E-state index is 0.0890. The van der Waals surface area contributed by atoms with Crippen molar-refractivity contribution in [2.75, 3.05) is 31.1 Å². The molecule has 0 aromatic heterocycles. The average Bonchev–Trinajstić information content (AvgIpc) is 2.90. The molecule has 0 spiro atoms. The van der Waals surface area contributed by atoms with Gasteiger partial charge in [-0.15, -0.1) is 0 Å². The highest BCUT2D eigenvalue weighted by Crippen LogP contribution is 2.32. The first-order valence-electron chi connectivity index (χ1n) is 11.5. The molecule has 0 atom stereocenters. The quantitative estimate of drug-likeness (QED) is 0.321. The molecule has 0 unspecified atom stereocenters. The van der Waals surface area contributed by atoms with Gasteiger partial charge in [-0.2, -0.15) is 0 Å². The summed E-state index contributed by atoms with van der Waals surface area (Å²) in [5.41, 5.74) is 1.21. The lowest BCUT2D eigenvalue weighted by Crippen LogP contribution is -2.42. The van der Waals surface area contributed by atoms with Crippen molar-refractivity contribution in [3.05, 3.63) is 96.6 Å². The first-order valence-corrected chi connectivity index (χ1v) is 12.9. The van der Waals surface area contributed by atoms with Crippen LogP contribution in [0.1, 0.15) is 5.56 Å². The zero-order valence-electron chi connectivity index (χ0n) is 20.2. The van der Waals surface area contributed by atoms with Crippen LogP contribution in [0.4, 0.5) is 5.69 Å². The van der Waals surface area contributed by atoms with E-state index in [4.69, 9.17) is 9.47 Å². The number of amides is 1. The summed E-state index contributed by atoms with van der Waals surface area (Å²) in [4.78, 5) is 13.0. The second kappa shape index (κ2) is 11.1. The van der Waals surface area contributed by atoms with E-state index in [-0.39, 0.29) is 23.7 Å². The van der Waals surface area contributed by atoms with Crippen LogP contribution in [-0.4, -0.2) is 41.1 Å². The Kier molecular flexibility index (Phi) is 7.75. The van der Waals surface area contributed by atoms with Crippen molar-refractivity contribution in [3.63, 3.8) is 0 Å². The van der Waals surface area contributed by atoms with Crippen molar-refractivity contribution in [2.24, 2.45) is 0 Å². The summed E-state index contributed by atoms with van der Waals surface area (Å²) >= 11 is 0. The fraction of sp³-hybridized carbons (Fsp3) is 0.179. The van der Waals surface area contributed by atoms with Crippen LogP contribution >= 0.6 is 0 Å². The van der Waals surface area contributed by atoms with Gasteiger partial charge in [0.15, 0.2) is 0 Å².